The number of thioether (sulfide) groups is 1. The summed E-state index contributed by atoms with van der Waals surface area (Å²) in [5.74, 6) is -0.822. The van der Waals surface area contributed by atoms with Crippen LogP contribution in [0.15, 0.2) is 40.3 Å². The lowest BCUT2D eigenvalue weighted by molar-refractivity contribution is -0.137. The van der Waals surface area contributed by atoms with Crippen LogP contribution in [0, 0.1) is 0 Å². The summed E-state index contributed by atoms with van der Waals surface area (Å²) in [6.07, 6.45) is -2.75. The molecule has 0 saturated carbocycles. The first kappa shape index (κ1) is 18.1. The predicted octanol–water partition coefficient (Wildman–Crippen LogP) is 2.69. The summed E-state index contributed by atoms with van der Waals surface area (Å²) in [5, 5.41) is 0.253. The molecule has 1 amide bonds. The molecule has 1 aromatic heterocycles. The molecular weight excluding hydrogens is 343 g/mol. The fraction of sp³-hybridized carbons (Fsp3) is 0.267. The van der Waals surface area contributed by atoms with Crippen molar-refractivity contribution in [2.75, 3.05) is 6.26 Å². The van der Waals surface area contributed by atoms with Crippen molar-refractivity contribution < 1.29 is 18.0 Å². The van der Waals surface area contributed by atoms with E-state index >= 15 is 0 Å². The molecule has 0 aliphatic heterocycles. The fourth-order valence-corrected chi connectivity index (χ4v) is 2.83. The third-order valence-corrected chi connectivity index (χ3v) is 4.12. The van der Waals surface area contributed by atoms with Crippen LogP contribution in [-0.4, -0.2) is 21.7 Å². The zero-order valence-corrected chi connectivity index (χ0v) is 13.6. The van der Waals surface area contributed by atoms with Crippen LogP contribution in [0.1, 0.15) is 34.6 Å². The first-order valence-corrected chi connectivity index (χ1v) is 8.02. The summed E-state index contributed by atoms with van der Waals surface area (Å²) in [6, 6.07) is 5.00. The van der Waals surface area contributed by atoms with Crippen molar-refractivity contribution in [3.05, 3.63) is 57.5 Å². The minimum Gasteiger partial charge on any atom is -0.364 e. The second-order valence-corrected chi connectivity index (χ2v) is 5.77. The number of primary amides is 1. The lowest BCUT2D eigenvalue weighted by Gasteiger charge is -2.19. The van der Waals surface area contributed by atoms with Crippen LogP contribution in [-0.2, 0) is 6.18 Å². The lowest BCUT2D eigenvalue weighted by Crippen LogP contribution is -2.29. The van der Waals surface area contributed by atoms with Gasteiger partial charge in [0.2, 0.25) is 0 Å². The number of rotatable bonds is 4. The summed E-state index contributed by atoms with van der Waals surface area (Å²) in [5.41, 5.74) is 4.22. The van der Waals surface area contributed by atoms with E-state index in [4.69, 9.17) is 5.73 Å². The van der Waals surface area contributed by atoms with Crippen molar-refractivity contribution in [2.45, 2.75) is 24.3 Å². The number of amides is 1. The zero-order chi connectivity index (χ0) is 18.1. The van der Waals surface area contributed by atoms with Gasteiger partial charge in [0.05, 0.1) is 11.6 Å². The minimum atomic E-state index is -4.42. The van der Waals surface area contributed by atoms with Gasteiger partial charge in [-0.05, 0) is 30.9 Å². The van der Waals surface area contributed by atoms with E-state index in [-0.39, 0.29) is 10.9 Å². The van der Waals surface area contributed by atoms with Crippen LogP contribution >= 0.6 is 11.8 Å². The number of carbonyl (C=O) groups excluding carboxylic acids is 1. The van der Waals surface area contributed by atoms with Gasteiger partial charge >= 0.3 is 6.18 Å². The predicted molar refractivity (Wildman–Crippen MR) is 84.1 cm³/mol. The van der Waals surface area contributed by atoms with Crippen LogP contribution < -0.4 is 11.3 Å². The Morgan fingerprint density at radius 1 is 1.29 bits per heavy atom. The molecule has 1 atom stereocenters. The normalized spacial score (nSPS) is 12.9. The van der Waals surface area contributed by atoms with Gasteiger partial charge in [0, 0.05) is 6.07 Å². The Hall–Kier alpha value is -2.29. The summed E-state index contributed by atoms with van der Waals surface area (Å²) in [7, 11) is 0. The van der Waals surface area contributed by atoms with E-state index in [0.29, 0.717) is 5.56 Å². The van der Waals surface area contributed by atoms with Crippen molar-refractivity contribution in [3.63, 3.8) is 0 Å². The second-order valence-electron chi connectivity index (χ2n) is 5.00. The monoisotopic (exact) mass is 357 g/mol. The number of hydrogen-bond donors (Lipinski definition) is 1. The van der Waals surface area contributed by atoms with Crippen LogP contribution in [0.5, 0.6) is 0 Å². The maximum Gasteiger partial charge on any atom is 0.416 e. The van der Waals surface area contributed by atoms with Crippen LogP contribution in [0.4, 0.5) is 13.2 Å². The van der Waals surface area contributed by atoms with Gasteiger partial charge in [-0.25, -0.2) is 4.98 Å². The van der Waals surface area contributed by atoms with Gasteiger partial charge < -0.3 is 5.73 Å². The van der Waals surface area contributed by atoms with Crippen LogP contribution in [0.25, 0.3) is 0 Å². The van der Waals surface area contributed by atoms with Gasteiger partial charge in [-0.1, -0.05) is 23.9 Å². The number of aromatic nitrogens is 2. The van der Waals surface area contributed by atoms with Gasteiger partial charge in [0.1, 0.15) is 5.69 Å². The maximum absolute atomic E-state index is 12.6. The van der Waals surface area contributed by atoms with Gasteiger partial charge in [-0.15, -0.1) is 0 Å². The highest BCUT2D eigenvalue weighted by Gasteiger charge is 2.30. The molecule has 0 radical (unpaired) electrons. The fourth-order valence-electron chi connectivity index (χ4n) is 2.20. The number of benzene rings is 1. The van der Waals surface area contributed by atoms with Crippen molar-refractivity contribution in [2.24, 2.45) is 5.73 Å². The summed E-state index contributed by atoms with van der Waals surface area (Å²) >= 11 is 1.14. The maximum atomic E-state index is 12.6. The number of nitrogens with two attached hydrogens (primary N) is 1. The SMILES string of the molecule is CSc1nc(C(N)=O)cc(=O)n1[C@@H](C)c1ccc(C(F)(F)F)cc1. The Balaban J connectivity index is 2.48. The highest BCUT2D eigenvalue weighted by molar-refractivity contribution is 7.98. The number of hydrogen-bond acceptors (Lipinski definition) is 4. The Labute approximate surface area is 139 Å². The van der Waals surface area contributed by atoms with E-state index in [1.807, 2.05) is 0 Å². The number of carbonyl (C=O) groups is 1. The molecule has 1 heterocycles. The molecule has 0 bridgehead atoms. The second kappa shape index (κ2) is 6.68. The highest BCUT2D eigenvalue weighted by atomic mass is 32.2. The van der Waals surface area contributed by atoms with Gasteiger partial charge in [-0.3, -0.25) is 14.2 Å². The topological polar surface area (TPSA) is 78.0 Å². The molecule has 0 aliphatic rings. The molecule has 0 fully saturated rings. The number of nitrogens with zero attached hydrogens (tertiary/aromatic N) is 2. The largest absolute Gasteiger partial charge is 0.416 e. The van der Waals surface area contributed by atoms with E-state index < -0.39 is 29.2 Å². The van der Waals surface area contributed by atoms with Crippen molar-refractivity contribution in [3.8, 4) is 0 Å². The molecule has 128 valence electrons. The van der Waals surface area contributed by atoms with Gasteiger partial charge in [0.25, 0.3) is 11.5 Å². The Kier molecular flexibility index (Phi) is 5.02. The molecule has 1 aromatic carbocycles. The Morgan fingerprint density at radius 2 is 1.88 bits per heavy atom. The Bertz CT molecular complexity index is 816. The number of halogens is 3. The Morgan fingerprint density at radius 3 is 2.33 bits per heavy atom. The molecule has 2 rings (SSSR count). The van der Waals surface area contributed by atoms with E-state index in [2.05, 4.69) is 4.98 Å². The van der Waals surface area contributed by atoms with E-state index in [1.165, 1.54) is 16.7 Å². The zero-order valence-electron chi connectivity index (χ0n) is 12.8. The van der Waals surface area contributed by atoms with E-state index in [9.17, 15) is 22.8 Å². The molecule has 9 heteroatoms. The summed E-state index contributed by atoms with van der Waals surface area (Å²) in [4.78, 5) is 27.5. The molecule has 0 unspecified atom stereocenters. The highest BCUT2D eigenvalue weighted by Crippen LogP contribution is 2.30. The summed E-state index contributed by atoms with van der Waals surface area (Å²) < 4.78 is 39.2. The number of alkyl halides is 3. The third kappa shape index (κ3) is 3.61. The molecule has 0 spiro atoms. The molecule has 2 aromatic rings. The molecular formula is C15H14F3N3O2S. The minimum absolute atomic E-state index is 0.153. The average Bonchev–Trinajstić information content (AvgIpc) is 2.52. The molecule has 0 aliphatic carbocycles. The van der Waals surface area contributed by atoms with Gasteiger partial charge in [-0.2, -0.15) is 13.2 Å². The van der Waals surface area contributed by atoms with Crippen molar-refractivity contribution >= 4 is 17.7 Å². The van der Waals surface area contributed by atoms with Gasteiger partial charge in [0.15, 0.2) is 5.16 Å². The molecule has 24 heavy (non-hydrogen) atoms. The van der Waals surface area contributed by atoms with E-state index in [1.54, 1.807) is 13.2 Å². The van der Waals surface area contributed by atoms with Crippen molar-refractivity contribution in [1.82, 2.24) is 9.55 Å². The van der Waals surface area contributed by atoms with E-state index in [0.717, 1.165) is 30.0 Å². The average molecular weight is 357 g/mol. The lowest BCUT2D eigenvalue weighted by atomic mass is 10.1. The van der Waals surface area contributed by atoms with Crippen molar-refractivity contribution in [1.29, 1.82) is 0 Å². The third-order valence-electron chi connectivity index (χ3n) is 3.46. The molecule has 5 nitrogen and oxygen atoms in total. The van der Waals surface area contributed by atoms with Crippen LogP contribution in [0.2, 0.25) is 0 Å². The summed E-state index contributed by atoms with van der Waals surface area (Å²) in [6.45, 7) is 1.66. The molecule has 0 saturated heterocycles. The first-order chi connectivity index (χ1) is 11.1. The first-order valence-electron chi connectivity index (χ1n) is 6.79. The smallest absolute Gasteiger partial charge is 0.364 e. The molecule has 2 N–H and O–H groups in total. The quantitative estimate of drug-likeness (QED) is 0.674. The standard InChI is InChI=1S/C15H14F3N3O2S/c1-8(9-3-5-10(6-4-9)15(16,17)18)21-12(22)7-11(13(19)23)20-14(21)24-2/h3-8H,1-2H3,(H2,19,23)/t8-/m0/s1. The van der Waals surface area contributed by atoms with Crippen LogP contribution in [0.3, 0.4) is 0 Å².